The molecule has 20 heavy (non-hydrogen) atoms. The lowest BCUT2D eigenvalue weighted by Gasteiger charge is -2.32. The van der Waals surface area contributed by atoms with Gasteiger partial charge in [-0.05, 0) is 60.8 Å². The molecule has 3 rings (SSSR count). The smallest absolute Gasteiger partial charge is 0.252 e. The van der Waals surface area contributed by atoms with E-state index in [2.05, 4.69) is 26.1 Å². The van der Waals surface area contributed by atoms with Crippen molar-refractivity contribution < 1.29 is 4.79 Å². The molecule has 2 aliphatic heterocycles. The summed E-state index contributed by atoms with van der Waals surface area (Å²) in [5.41, 5.74) is 1.86. The number of halogens is 1. The van der Waals surface area contributed by atoms with Gasteiger partial charge in [-0.15, -0.1) is 0 Å². The van der Waals surface area contributed by atoms with Crippen molar-refractivity contribution in [2.24, 2.45) is 0 Å². The van der Waals surface area contributed by atoms with Crippen molar-refractivity contribution in [3.05, 3.63) is 33.8 Å². The first-order chi connectivity index (χ1) is 9.65. The number of aryl methyl sites for hydroxylation is 1. The Morgan fingerprint density at radius 2 is 2.15 bits per heavy atom. The zero-order valence-electron chi connectivity index (χ0n) is 11.9. The summed E-state index contributed by atoms with van der Waals surface area (Å²) < 4.78 is 0.874. The molecule has 2 aliphatic rings. The van der Waals surface area contributed by atoms with Gasteiger partial charge in [0.15, 0.2) is 0 Å². The maximum absolute atomic E-state index is 12.5. The van der Waals surface area contributed by atoms with Gasteiger partial charge in [-0.2, -0.15) is 0 Å². The Labute approximate surface area is 128 Å². The van der Waals surface area contributed by atoms with Crippen LogP contribution in [-0.2, 0) is 0 Å². The average Bonchev–Trinajstić information content (AvgIpc) is 2.85. The molecule has 0 aliphatic carbocycles. The monoisotopic (exact) mass is 336 g/mol. The second-order valence-electron chi connectivity index (χ2n) is 5.95. The number of nitrogens with zero attached hydrogens (tertiary/aromatic N) is 1. The van der Waals surface area contributed by atoms with Crippen molar-refractivity contribution in [3.63, 3.8) is 0 Å². The highest BCUT2D eigenvalue weighted by Crippen LogP contribution is 2.27. The highest BCUT2D eigenvalue weighted by molar-refractivity contribution is 9.10. The molecule has 2 heterocycles. The summed E-state index contributed by atoms with van der Waals surface area (Å²) in [7, 11) is 0. The number of amides is 1. The molecule has 2 saturated heterocycles. The van der Waals surface area contributed by atoms with E-state index in [-0.39, 0.29) is 5.91 Å². The second kappa shape index (κ2) is 5.86. The van der Waals surface area contributed by atoms with Crippen molar-refractivity contribution >= 4 is 21.8 Å². The molecule has 0 bridgehead atoms. The minimum atomic E-state index is 0.0537. The minimum absolute atomic E-state index is 0.0537. The van der Waals surface area contributed by atoms with Crippen LogP contribution >= 0.6 is 15.9 Å². The van der Waals surface area contributed by atoms with Gasteiger partial charge in [0.2, 0.25) is 0 Å². The van der Waals surface area contributed by atoms with Crippen molar-refractivity contribution in [2.45, 2.75) is 44.7 Å². The summed E-state index contributed by atoms with van der Waals surface area (Å²) in [6, 6.07) is 6.78. The van der Waals surface area contributed by atoms with Gasteiger partial charge in [0.1, 0.15) is 0 Å². The molecule has 2 atom stereocenters. The summed E-state index contributed by atoms with van der Waals surface area (Å²) in [5, 5.41) is 3.25. The quantitative estimate of drug-likeness (QED) is 0.899. The summed E-state index contributed by atoms with van der Waals surface area (Å²) in [6.45, 7) is 4.34. The number of rotatable bonds is 2. The fourth-order valence-corrected chi connectivity index (χ4v) is 3.90. The molecule has 2 fully saturated rings. The highest BCUT2D eigenvalue weighted by Gasteiger charge is 2.36. The van der Waals surface area contributed by atoms with Crippen molar-refractivity contribution in [2.75, 3.05) is 13.1 Å². The van der Waals surface area contributed by atoms with Crippen LogP contribution < -0.4 is 5.32 Å². The van der Waals surface area contributed by atoms with Crippen LogP contribution in [0.3, 0.4) is 0 Å². The third-order valence-corrected chi connectivity index (χ3v) is 5.23. The van der Waals surface area contributed by atoms with E-state index in [9.17, 15) is 4.79 Å². The molecule has 0 saturated carbocycles. The zero-order valence-corrected chi connectivity index (χ0v) is 13.4. The molecule has 4 heteroatoms. The number of hydrogen-bond acceptors (Lipinski definition) is 2. The van der Waals surface area contributed by atoms with E-state index >= 15 is 0 Å². The van der Waals surface area contributed by atoms with Gasteiger partial charge in [-0.3, -0.25) is 9.69 Å². The fraction of sp³-hybridized carbons (Fsp3) is 0.562. The van der Waals surface area contributed by atoms with Crippen LogP contribution in [-0.4, -0.2) is 36.0 Å². The Balaban J connectivity index is 1.71. The van der Waals surface area contributed by atoms with E-state index < -0.39 is 0 Å². The van der Waals surface area contributed by atoms with E-state index in [0.717, 1.165) is 28.6 Å². The summed E-state index contributed by atoms with van der Waals surface area (Å²) in [4.78, 5) is 15.0. The third kappa shape index (κ3) is 2.77. The fourth-order valence-electron chi connectivity index (χ4n) is 3.47. The molecule has 3 nitrogen and oxygen atoms in total. The second-order valence-corrected chi connectivity index (χ2v) is 6.81. The first kappa shape index (κ1) is 14.1. The van der Waals surface area contributed by atoms with E-state index in [4.69, 9.17) is 0 Å². The standard InChI is InChI=1S/C16H21BrN2O/c1-11-5-6-13(17)12(10-11)16(20)18-14-7-9-19-8-3-2-4-15(14)19/h5-6,10,14-15H,2-4,7-9H2,1H3,(H,18,20). The van der Waals surface area contributed by atoms with E-state index in [1.54, 1.807) is 0 Å². The molecule has 1 aromatic carbocycles. The number of piperidine rings is 1. The SMILES string of the molecule is Cc1ccc(Br)c(C(=O)NC2CCN3CCCCC23)c1. The van der Waals surface area contributed by atoms with Crippen molar-refractivity contribution in [1.82, 2.24) is 10.2 Å². The predicted octanol–water partition coefficient (Wildman–Crippen LogP) is 3.11. The first-order valence-corrected chi connectivity index (χ1v) is 8.25. The third-order valence-electron chi connectivity index (χ3n) is 4.54. The molecule has 108 valence electrons. The Hall–Kier alpha value is -0.870. The van der Waals surface area contributed by atoms with Gasteiger partial charge in [0, 0.05) is 23.1 Å². The van der Waals surface area contributed by atoms with E-state index in [1.165, 1.54) is 25.8 Å². The van der Waals surface area contributed by atoms with Gasteiger partial charge in [0.05, 0.1) is 5.56 Å². The van der Waals surface area contributed by atoms with Crippen LogP contribution in [0, 0.1) is 6.92 Å². The summed E-state index contributed by atoms with van der Waals surface area (Å²) in [6.07, 6.45) is 4.90. The van der Waals surface area contributed by atoms with Gasteiger partial charge in [-0.1, -0.05) is 18.1 Å². The lowest BCUT2D eigenvalue weighted by Crippen LogP contribution is -2.46. The molecule has 1 N–H and O–H groups in total. The molecule has 0 aromatic heterocycles. The molecular formula is C16H21BrN2O. The summed E-state index contributed by atoms with van der Waals surface area (Å²) >= 11 is 3.48. The first-order valence-electron chi connectivity index (χ1n) is 7.46. The van der Waals surface area contributed by atoms with Crippen LogP contribution in [0.5, 0.6) is 0 Å². The topological polar surface area (TPSA) is 32.3 Å². The predicted molar refractivity (Wildman–Crippen MR) is 84.0 cm³/mol. The maximum Gasteiger partial charge on any atom is 0.252 e. The van der Waals surface area contributed by atoms with Crippen LogP contribution in [0.4, 0.5) is 0 Å². The number of nitrogens with one attached hydrogen (secondary N) is 1. The van der Waals surface area contributed by atoms with E-state index in [0.29, 0.717) is 12.1 Å². The van der Waals surface area contributed by atoms with Crippen LogP contribution in [0.15, 0.2) is 22.7 Å². The maximum atomic E-state index is 12.5. The largest absolute Gasteiger partial charge is 0.348 e. The van der Waals surface area contributed by atoms with Crippen molar-refractivity contribution in [1.29, 1.82) is 0 Å². The minimum Gasteiger partial charge on any atom is -0.348 e. The Kier molecular flexibility index (Phi) is 4.13. The average molecular weight is 337 g/mol. The molecule has 2 unspecified atom stereocenters. The number of benzene rings is 1. The Morgan fingerprint density at radius 3 is 3.00 bits per heavy atom. The summed E-state index contributed by atoms with van der Waals surface area (Å²) in [5.74, 6) is 0.0537. The van der Waals surface area contributed by atoms with Gasteiger partial charge in [0.25, 0.3) is 5.91 Å². The van der Waals surface area contributed by atoms with Crippen LogP contribution in [0.25, 0.3) is 0 Å². The lowest BCUT2D eigenvalue weighted by molar-refractivity contribution is 0.0914. The molecule has 1 amide bonds. The van der Waals surface area contributed by atoms with Gasteiger partial charge >= 0.3 is 0 Å². The number of carbonyl (C=O) groups excluding carboxylic acids is 1. The number of carbonyl (C=O) groups is 1. The zero-order chi connectivity index (χ0) is 14.1. The number of fused-ring (bicyclic) bond motifs is 1. The van der Waals surface area contributed by atoms with Gasteiger partial charge < -0.3 is 5.32 Å². The van der Waals surface area contributed by atoms with Crippen molar-refractivity contribution in [3.8, 4) is 0 Å². The highest BCUT2D eigenvalue weighted by atomic mass is 79.9. The molecule has 0 spiro atoms. The molecule has 1 aromatic rings. The van der Waals surface area contributed by atoms with Gasteiger partial charge in [-0.25, -0.2) is 0 Å². The Morgan fingerprint density at radius 1 is 1.30 bits per heavy atom. The Bertz CT molecular complexity index is 517. The van der Waals surface area contributed by atoms with E-state index in [1.807, 2.05) is 25.1 Å². The molecular weight excluding hydrogens is 316 g/mol. The normalized spacial score (nSPS) is 26.3. The lowest BCUT2D eigenvalue weighted by atomic mass is 9.98. The van der Waals surface area contributed by atoms with Crippen LogP contribution in [0.2, 0.25) is 0 Å². The molecule has 0 radical (unpaired) electrons. The number of hydrogen-bond donors (Lipinski definition) is 1. The van der Waals surface area contributed by atoms with Crippen LogP contribution in [0.1, 0.15) is 41.6 Å².